The van der Waals surface area contributed by atoms with Crippen molar-refractivity contribution in [2.75, 3.05) is 0 Å². The zero-order chi connectivity index (χ0) is 12.5. The Morgan fingerprint density at radius 3 is 1.72 bits per heavy atom. The fraction of sp³-hybridized carbons (Fsp3) is 0.875. The van der Waals surface area contributed by atoms with Gasteiger partial charge in [0.25, 0.3) is 0 Å². The van der Waals surface area contributed by atoms with Crippen molar-refractivity contribution in [1.29, 1.82) is 0 Å². The van der Waals surface area contributed by atoms with Crippen molar-refractivity contribution >= 4 is 11.6 Å². The number of rotatable bonds is 0. The van der Waals surface area contributed by atoms with Crippen molar-refractivity contribution in [2.24, 2.45) is 23.7 Å². The molecule has 3 rings (SSSR count). The highest BCUT2D eigenvalue weighted by Gasteiger charge is 2.35. The quantitative estimate of drug-likeness (QED) is 0.657. The molecule has 0 spiro atoms. The van der Waals surface area contributed by atoms with Crippen LogP contribution in [0.3, 0.4) is 0 Å². The molecule has 0 radical (unpaired) electrons. The van der Waals surface area contributed by atoms with E-state index in [9.17, 15) is 9.59 Å². The zero-order valence-corrected chi connectivity index (χ0v) is 11.2. The molecule has 4 unspecified atom stereocenters. The van der Waals surface area contributed by atoms with Crippen molar-refractivity contribution < 1.29 is 9.59 Å². The first-order valence-electron chi connectivity index (χ1n) is 7.78. The molecule has 0 heterocycles. The molecule has 0 aliphatic heterocycles. The summed E-state index contributed by atoms with van der Waals surface area (Å²) in [5, 5.41) is 0. The number of ketones is 2. The molecule has 2 heteroatoms. The highest BCUT2D eigenvalue weighted by Crippen LogP contribution is 2.39. The van der Waals surface area contributed by atoms with Crippen LogP contribution in [0.15, 0.2) is 0 Å². The second kappa shape index (κ2) is 5.14. The number of carbonyl (C=O) groups excluding carboxylic acids is 2. The van der Waals surface area contributed by atoms with Gasteiger partial charge in [0, 0.05) is 24.7 Å². The smallest absolute Gasteiger partial charge is 0.136 e. The van der Waals surface area contributed by atoms with E-state index >= 15 is 0 Å². The van der Waals surface area contributed by atoms with Gasteiger partial charge < -0.3 is 0 Å². The Labute approximate surface area is 110 Å². The Bertz CT molecular complexity index is 317. The average molecular weight is 248 g/mol. The number of Topliss-reactive ketones (excluding diaryl/α,β-unsaturated/α-hetero) is 2. The van der Waals surface area contributed by atoms with Crippen molar-refractivity contribution in [3.8, 4) is 0 Å². The van der Waals surface area contributed by atoms with E-state index in [1.54, 1.807) is 0 Å². The standard InChI is InChI=1S/C16H24O2/c17-15-8-11-3-1-4-12(7-11)9-16(18)14-6-2-5-13(15)10-14/h11-14H,1-10H2. The van der Waals surface area contributed by atoms with Crippen molar-refractivity contribution in [3.63, 3.8) is 0 Å². The molecule has 0 amide bonds. The third kappa shape index (κ3) is 2.53. The largest absolute Gasteiger partial charge is 0.299 e. The van der Waals surface area contributed by atoms with Crippen LogP contribution in [-0.2, 0) is 9.59 Å². The van der Waals surface area contributed by atoms with Crippen LogP contribution in [-0.4, -0.2) is 11.6 Å². The van der Waals surface area contributed by atoms with E-state index in [2.05, 4.69) is 0 Å². The Morgan fingerprint density at radius 2 is 1.17 bits per heavy atom. The molecule has 4 bridgehead atoms. The number of hydrogen-bond donors (Lipinski definition) is 0. The van der Waals surface area contributed by atoms with Crippen LogP contribution in [0.2, 0.25) is 0 Å². The Balaban J connectivity index is 1.79. The lowest BCUT2D eigenvalue weighted by Crippen LogP contribution is -2.33. The summed E-state index contributed by atoms with van der Waals surface area (Å²) in [5.74, 6) is 2.54. The average Bonchev–Trinajstić information content (AvgIpc) is 2.38. The molecular formula is C16H24O2. The van der Waals surface area contributed by atoms with Crippen LogP contribution >= 0.6 is 0 Å². The van der Waals surface area contributed by atoms with E-state index in [1.807, 2.05) is 0 Å². The highest BCUT2D eigenvalue weighted by atomic mass is 16.1. The lowest BCUT2D eigenvalue weighted by molar-refractivity contribution is -0.130. The van der Waals surface area contributed by atoms with E-state index in [1.165, 1.54) is 19.3 Å². The van der Waals surface area contributed by atoms with Gasteiger partial charge in [-0.25, -0.2) is 0 Å². The molecule has 3 fully saturated rings. The predicted octanol–water partition coefficient (Wildman–Crippen LogP) is 3.53. The van der Waals surface area contributed by atoms with Crippen molar-refractivity contribution in [2.45, 2.75) is 64.2 Å². The topological polar surface area (TPSA) is 34.1 Å². The van der Waals surface area contributed by atoms with Crippen LogP contribution in [0.5, 0.6) is 0 Å². The van der Waals surface area contributed by atoms with Gasteiger partial charge in [-0.3, -0.25) is 9.59 Å². The molecule has 0 aromatic heterocycles. The minimum Gasteiger partial charge on any atom is -0.299 e. The molecule has 18 heavy (non-hydrogen) atoms. The molecule has 0 aromatic carbocycles. The van der Waals surface area contributed by atoms with Crippen LogP contribution in [0.1, 0.15) is 64.2 Å². The molecule has 0 N–H and O–H groups in total. The van der Waals surface area contributed by atoms with Gasteiger partial charge in [0.1, 0.15) is 11.6 Å². The fourth-order valence-electron chi connectivity index (χ4n) is 4.45. The van der Waals surface area contributed by atoms with Gasteiger partial charge in [0.2, 0.25) is 0 Å². The Morgan fingerprint density at radius 1 is 0.667 bits per heavy atom. The lowest BCUT2D eigenvalue weighted by Gasteiger charge is -2.35. The van der Waals surface area contributed by atoms with E-state index < -0.39 is 0 Å². The summed E-state index contributed by atoms with van der Waals surface area (Å²) in [6.45, 7) is 0. The SMILES string of the molecule is O=C1CC2CCCC(CC(=O)C3CCCC1C3)C2. The Kier molecular flexibility index (Phi) is 3.54. The lowest BCUT2D eigenvalue weighted by atomic mass is 9.69. The maximum absolute atomic E-state index is 12.3. The van der Waals surface area contributed by atoms with E-state index in [4.69, 9.17) is 0 Å². The molecule has 0 saturated heterocycles. The highest BCUT2D eigenvalue weighted by molar-refractivity contribution is 5.85. The summed E-state index contributed by atoms with van der Waals surface area (Å²) in [7, 11) is 0. The van der Waals surface area contributed by atoms with Crippen LogP contribution in [0.25, 0.3) is 0 Å². The van der Waals surface area contributed by atoms with Gasteiger partial charge in [-0.05, 0) is 37.5 Å². The fourth-order valence-corrected chi connectivity index (χ4v) is 4.45. The van der Waals surface area contributed by atoms with Crippen LogP contribution in [0.4, 0.5) is 0 Å². The number of fused-ring (bicyclic) bond motifs is 4. The van der Waals surface area contributed by atoms with Gasteiger partial charge in [0.15, 0.2) is 0 Å². The molecule has 100 valence electrons. The van der Waals surface area contributed by atoms with Gasteiger partial charge in [-0.1, -0.05) is 25.7 Å². The molecule has 4 atom stereocenters. The maximum Gasteiger partial charge on any atom is 0.136 e. The summed E-state index contributed by atoms with van der Waals surface area (Å²) in [6.07, 6.45) is 10.4. The second-order valence-corrected chi connectivity index (χ2v) is 6.80. The van der Waals surface area contributed by atoms with Crippen LogP contribution in [0, 0.1) is 23.7 Å². The first-order valence-corrected chi connectivity index (χ1v) is 7.78. The minimum atomic E-state index is 0.214. The second-order valence-electron chi connectivity index (χ2n) is 6.80. The Hall–Kier alpha value is -0.660. The molecular weight excluding hydrogens is 224 g/mol. The molecule has 3 aliphatic rings. The van der Waals surface area contributed by atoms with Gasteiger partial charge in [-0.15, -0.1) is 0 Å². The van der Waals surface area contributed by atoms with Gasteiger partial charge in [-0.2, -0.15) is 0 Å². The molecule has 3 saturated carbocycles. The molecule has 0 aromatic rings. The third-order valence-electron chi connectivity index (χ3n) is 5.46. The predicted molar refractivity (Wildman–Crippen MR) is 70.1 cm³/mol. The molecule has 3 aliphatic carbocycles. The first kappa shape index (κ1) is 12.4. The normalized spacial score (nSPS) is 41.6. The van der Waals surface area contributed by atoms with E-state index in [-0.39, 0.29) is 11.8 Å². The van der Waals surface area contributed by atoms with Gasteiger partial charge in [0.05, 0.1) is 0 Å². The summed E-state index contributed by atoms with van der Waals surface area (Å²) >= 11 is 0. The number of hydrogen-bond acceptors (Lipinski definition) is 2. The van der Waals surface area contributed by atoms with Crippen molar-refractivity contribution in [3.05, 3.63) is 0 Å². The van der Waals surface area contributed by atoms with Gasteiger partial charge >= 0.3 is 0 Å². The first-order chi connectivity index (χ1) is 8.72. The summed E-state index contributed by atoms with van der Waals surface area (Å²) in [6, 6.07) is 0. The van der Waals surface area contributed by atoms with E-state index in [0.717, 1.165) is 44.9 Å². The number of carbonyl (C=O) groups is 2. The molecule has 2 nitrogen and oxygen atoms in total. The summed E-state index contributed by atoms with van der Waals surface area (Å²) in [5.41, 5.74) is 0. The summed E-state index contributed by atoms with van der Waals surface area (Å²) in [4.78, 5) is 24.7. The van der Waals surface area contributed by atoms with E-state index in [0.29, 0.717) is 23.4 Å². The monoisotopic (exact) mass is 248 g/mol. The minimum absolute atomic E-state index is 0.214. The van der Waals surface area contributed by atoms with Crippen molar-refractivity contribution in [1.82, 2.24) is 0 Å². The van der Waals surface area contributed by atoms with Crippen LogP contribution < -0.4 is 0 Å². The third-order valence-corrected chi connectivity index (χ3v) is 5.46. The maximum atomic E-state index is 12.3. The summed E-state index contributed by atoms with van der Waals surface area (Å²) < 4.78 is 0. The zero-order valence-electron chi connectivity index (χ0n) is 11.2.